The van der Waals surface area contributed by atoms with Crippen LogP contribution in [0, 0.1) is 5.41 Å². The van der Waals surface area contributed by atoms with Gasteiger partial charge >= 0.3 is 11.7 Å². The van der Waals surface area contributed by atoms with Crippen molar-refractivity contribution in [2.45, 2.75) is 44.4 Å². The summed E-state index contributed by atoms with van der Waals surface area (Å²) in [6.07, 6.45) is 0.529. The SMILES string of the molecule is C[C@H](Sc1nc(CC(C)(C)C)nc2c1c(=O)n(C)c(=O)n2C)C(=O)O. The summed E-state index contributed by atoms with van der Waals surface area (Å²) in [5.74, 6) is -0.529. The molecular formula is C16H22N4O4S. The number of fused-ring (bicyclic) bond motifs is 1. The maximum absolute atomic E-state index is 12.6. The van der Waals surface area contributed by atoms with Crippen molar-refractivity contribution in [3.8, 4) is 0 Å². The molecule has 1 N–H and O–H groups in total. The van der Waals surface area contributed by atoms with Crippen LogP contribution in [0.1, 0.15) is 33.5 Å². The van der Waals surface area contributed by atoms with Crippen molar-refractivity contribution in [3.63, 3.8) is 0 Å². The molecule has 0 unspecified atom stereocenters. The Morgan fingerprint density at radius 2 is 1.80 bits per heavy atom. The first-order valence-electron chi connectivity index (χ1n) is 7.78. The normalized spacial score (nSPS) is 13.2. The number of thioether (sulfide) groups is 1. The lowest BCUT2D eigenvalue weighted by atomic mass is 9.92. The number of hydrogen-bond donors (Lipinski definition) is 1. The number of carbonyl (C=O) groups is 1. The summed E-state index contributed by atoms with van der Waals surface area (Å²) < 4.78 is 2.27. The smallest absolute Gasteiger partial charge is 0.332 e. The third-order valence-electron chi connectivity index (χ3n) is 3.64. The minimum Gasteiger partial charge on any atom is -0.480 e. The summed E-state index contributed by atoms with van der Waals surface area (Å²) in [6, 6.07) is 0. The highest BCUT2D eigenvalue weighted by Crippen LogP contribution is 2.28. The molecule has 0 aliphatic carbocycles. The van der Waals surface area contributed by atoms with E-state index in [0.29, 0.717) is 12.2 Å². The van der Waals surface area contributed by atoms with Gasteiger partial charge in [-0.1, -0.05) is 32.5 Å². The monoisotopic (exact) mass is 366 g/mol. The molecule has 136 valence electrons. The number of carboxylic acids is 1. The van der Waals surface area contributed by atoms with Crippen LogP contribution >= 0.6 is 11.8 Å². The van der Waals surface area contributed by atoms with Crippen LogP contribution < -0.4 is 11.2 Å². The molecule has 0 saturated heterocycles. The van der Waals surface area contributed by atoms with Gasteiger partial charge in [0.1, 0.15) is 21.5 Å². The molecule has 8 nitrogen and oxygen atoms in total. The molecule has 2 aromatic rings. The van der Waals surface area contributed by atoms with Gasteiger partial charge in [0.15, 0.2) is 5.65 Å². The van der Waals surface area contributed by atoms with Crippen LogP contribution in [0.2, 0.25) is 0 Å². The molecule has 0 aliphatic heterocycles. The zero-order valence-electron chi connectivity index (χ0n) is 15.2. The molecular weight excluding hydrogens is 344 g/mol. The average Bonchev–Trinajstić information content (AvgIpc) is 2.48. The molecule has 9 heteroatoms. The zero-order valence-corrected chi connectivity index (χ0v) is 16.0. The molecule has 2 rings (SSSR count). The zero-order chi connectivity index (χ0) is 19.1. The lowest BCUT2D eigenvalue weighted by Crippen LogP contribution is -2.38. The van der Waals surface area contributed by atoms with Crippen molar-refractivity contribution in [1.29, 1.82) is 0 Å². The van der Waals surface area contributed by atoms with Gasteiger partial charge in [0.25, 0.3) is 5.56 Å². The van der Waals surface area contributed by atoms with E-state index in [1.54, 1.807) is 0 Å². The van der Waals surface area contributed by atoms with Gasteiger partial charge in [-0.25, -0.2) is 14.8 Å². The number of aryl methyl sites for hydroxylation is 1. The number of aliphatic carboxylic acids is 1. The summed E-state index contributed by atoms with van der Waals surface area (Å²) in [5.41, 5.74) is -0.893. The van der Waals surface area contributed by atoms with E-state index < -0.39 is 22.5 Å². The highest BCUT2D eigenvalue weighted by molar-refractivity contribution is 8.00. The van der Waals surface area contributed by atoms with Crippen molar-refractivity contribution in [1.82, 2.24) is 19.1 Å². The first kappa shape index (κ1) is 19.2. The van der Waals surface area contributed by atoms with E-state index in [2.05, 4.69) is 9.97 Å². The van der Waals surface area contributed by atoms with E-state index in [0.717, 1.165) is 16.3 Å². The summed E-state index contributed by atoms with van der Waals surface area (Å²) in [6.45, 7) is 7.60. The Hall–Kier alpha value is -2.16. The van der Waals surface area contributed by atoms with Crippen LogP contribution in [-0.2, 0) is 25.3 Å². The summed E-state index contributed by atoms with van der Waals surface area (Å²) >= 11 is 0.979. The first-order valence-corrected chi connectivity index (χ1v) is 8.66. The Morgan fingerprint density at radius 3 is 2.32 bits per heavy atom. The standard InChI is InChI=1S/C16H22N4O4S/c1-8(14(22)23)25-12-10-11(17-9(18-12)7-16(2,3)4)19(5)15(24)20(6)13(10)21/h8H,7H2,1-6H3,(H,22,23)/t8-/m0/s1. The van der Waals surface area contributed by atoms with E-state index in [4.69, 9.17) is 0 Å². The Labute approximate surface area is 148 Å². The Morgan fingerprint density at radius 1 is 1.20 bits per heavy atom. The molecule has 0 radical (unpaired) electrons. The second kappa shape index (κ2) is 6.62. The lowest BCUT2D eigenvalue weighted by molar-refractivity contribution is -0.136. The van der Waals surface area contributed by atoms with Crippen molar-refractivity contribution < 1.29 is 9.90 Å². The Kier molecular flexibility index (Phi) is 5.08. The Bertz CT molecular complexity index is 956. The fraction of sp³-hybridized carbons (Fsp3) is 0.562. The van der Waals surface area contributed by atoms with Gasteiger partial charge in [-0.3, -0.25) is 18.7 Å². The first-order chi connectivity index (χ1) is 11.4. The number of nitrogens with zero attached hydrogens (tertiary/aromatic N) is 4. The molecule has 0 bridgehead atoms. The molecule has 1 atom stereocenters. The third kappa shape index (κ3) is 3.92. The highest BCUT2D eigenvalue weighted by atomic mass is 32.2. The summed E-state index contributed by atoms with van der Waals surface area (Å²) in [5, 5.41) is 8.86. The molecule has 0 saturated carbocycles. The number of hydrogen-bond acceptors (Lipinski definition) is 6. The van der Waals surface area contributed by atoms with E-state index in [1.807, 2.05) is 20.8 Å². The molecule has 0 aliphatic rings. The second-order valence-electron chi connectivity index (χ2n) is 7.19. The van der Waals surface area contributed by atoms with Crippen LogP contribution in [0.5, 0.6) is 0 Å². The van der Waals surface area contributed by atoms with Crippen LogP contribution in [0.15, 0.2) is 14.6 Å². The van der Waals surface area contributed by atoms with Gasteiger partial charge in [0.05, 0.1) is 0 Å². The van der Waals surface area contributed by atoms with Crippen molar-refractivity contribution >= 4 is 28.8 Å². The predicted octanol–water partition coefficient (Wildman–Crippen LogP) is 1.18. The van der Waals surface area contributed by atoms with E-state index in [-0.39, 0.29) is 21.5 Å². The number of rotatable bonds is 4. The molecule has 25 heavy (non-hydrogen) atoms. The van der Waals surface area contributed by atoms with Gasteiger partial charge in [-0.15, -0.1) is 0 Å². The minimum atomic E-state index is -1.00. The molecule has 0 amide bonds. The van der Waals surface area contributed by atoms with Crippen LogP contribution in [-0.4, -0.2) is 35.4 Å². The fourth-order valence-corrected chi connectivity index (χ4v) is 3.22. The van der Waals surface area contributed by atoms with Gasteiger partial charge in [0.2, 0.25) is 0 Å². The predicted molar refractivity (Wildman–Crippen MR) is 96.1 cm³/mol. The molecule has 0 aromatic carbocycles. The molecule has 2 heterocycles. The second-order valence-corrected chi connectivity index (χ2v) is 8.51. The molecule has 0 spiro atoms. The topological polar surface area (TPSA) is 107 Å². The highest BCUT2D eigenvalue weighted by Gasteiger charge is 2.23. The van der Waals surface area contributed by atoms with Crippen molar-refractivity contribution in [2.24, 2.45) is 19.5 Å². The molecule has 2 aromatic heterocycles. The number of carboxylic acid groups (broad SMARTS) is 1. The van der Waals surface area contributed by atoms with E-state index >= 15 is 0 Å². The van der Waals surface area contributed by atoms with Crippen molar-refractivity contribution in [2.75, 3.05) is 0 Å². The van der Waals surface area contributed by atoms with Crippen molar-refractivity contribution in [3.05, 3.63) is 26.7 Å². The average molecular weight is 366 g/mol. The van der Waals surface area contributed by atoms with Gasteiger partial charge in [-0.05, 0) is 12.3 Å². The van der Waals surface area contributed by atoms with Crippen LogP contribution in [0.3, 0.4) is 0 Å². The summed E-state index contributed by atoms with van der Waals surface area (Å²) in [4.78, 5) is 44.9. The summed E-state index contributed by atoms with van der Waals surface area (Å²) in [7, 11) is 2.91. The maximum Gasteiger partial charge on any atom is 0.332 e. The quantitative estimate of drug-likeness (QED) is 0.639. The minimum absolute atomic E-state index is 0.105. The largest absolute Gasteiger partial charge is 0.480 e. The van der Waals surface area contributed by atoms with Gasteiger partial charge in [0, 0.05) is 20.5 Å². The van der Waals surface area contributed by atoms with Gasteiger partial charge in [-0.2, -0.15) is 0 Å². The maximum atomic E-state index is 12.6. The lowest BCUT2D eigenvalue weighted by Gasteiger charge is -2.18. The third-order valence-corrected chi connectivity index (χ3v) is 4.71. The van der Waals surface area contributed by atoms with E-state index in [1.165, 1.54) is 25.6 Å². The fourth-order valence-electron chi connectivity index (χ4n) is 2.33. The van der Waals surface area contributed by atoms with Crippen LogP contribution in [0.25, 0.3) is 11.0 Å². The Balaban J connectivity index is 2.84. The molecule has 0 fully saturated rings. The van der Waals surface area contributed by atoms with Gasteiger partial charge < -0.3 is 5.11 Å². The van der Waals surface area contributed by atoms with E-state index in [9.17, 15) is 19.5 Å². The van der Waals surface area contributed by atoms with Crippen LogP contribution in [0.4, 0.5) is 0 Å². The number of aromatic nitrogens is 4.